The van der Waals surface area contributed by atoms with Gasteiger partial charge in [-0.3, -0.25) is 19.8 Å². The molecule has 4 rings (SSSR count). The smallest absolute Gasteiger partial charge is 0.335 e. The highest BCUT2D eigenvalue weighted by Crippen LogP contribution is 2.26. The fourth-order valence-corrected chi connectivity index (χ4v) is 4.03. The number of benzene rings is 2. The zero-order valence-corrected chi connectivity index (χ0v) is 18.4. The van der Waals surface area contributed by atoms with Gasteiger partial charge in [0.05, 0.1) is 11.3 Å². The van der Waals surface area contributed by atoms with Gasteiger partial charge < -0.3 is 9.67 Å². The second-order valence-corrected chi connectivity index (χ2v) is 7.84. The quantitative estimate of drug-likeness (QED) is 0.349. The highest BCUT2D eigenvalue weighted by atomic mass is 32.1. The number of carbonyl (C=O) groups excluding carboxylic acids is 2. The molecule has 2 aromatic carbocycles. The summed E-state index contributed by atoms with van der Waals surface area (Å²) in [7, 11) is 0. The molecule has 2 amide bonds. The lowest BCUT2D eigenvalue weighted by Crippen LogP contribution is -2.54. The van der Waals surface area contributed by atoms with Crippen molar-refractivity contribution in [2.75, 3.05) is 4.90 Å². The molecule has 9 heteroatoms. The molecule has 0 atom stereocenters. The number of amides is 2. The van der Waals surface area contributed by atoms with Crippen LogP contribution in [0.3, 0.4) is 0 Å². The molecule has 1 saturated heterocycles. The Morgan fingerprint density at radius 2 is 1.76 bits per heavy atom. The molecule has 0 radical (unpaired) electrons. The van der Waals surface area contributed by atoms with E-state index >= 15 is 0 Å². The van der Waals surface area contributed by atoms with Crippen molar-refractivity contribution in [1.29, 1.82) is 0 Å². The molecule has 2 heterocycles. The van der Waals surface area contributed by atoms with Gasteiger partial charge in [0.15, 0.2) is 5.11 Å². The topological polar surface area (TPSA) is 91.6 Å². The van der Waals surface area contributed by atoms with Crippen LogP contribution in [0.2, 0.25) is 0 Å². The molecule has 1 aliphatic rings. The van der Waals surface area contributed by atoms with Gasteiger partial charge in [-0.05, 0) is 86.2 Å². The number of aryl methyl sites for hydroxylation is 1. The lowest BCUT2D eigenvalue weighted by atomic mass is 10.1. The van der Waals surface area contributed by atoms with E-state index in [0.29, 0.717) is 16.9 Å². The minimum absolute atomic E-state index is 0.0544. The first-order chi connectivity index (χ1) is 15.7. The lowest BCUT2D eigenvalue weighted by molar-refractivity contribution is -0.122. The van der Waals surface area contributed by atoms with Crippen LogP contribution in [-0.4, -0.2) is 32.6 Å². The highest BCUT2D eigenvalue weighted by Gasteiger charge is 2.34. The molecule has 33 heavy (non-hydrogen) atoms. The number of hydrogen-bond donors (Lipinski definition) is 2. The van der Waals surface area contributed by atoms with Crippen molar-refractivity contribution in [1.82, 2.24) is 9.88 Å². The first kappa shape index (κ1) is 22.1. The Labute approximate surface area is 193 Å². The number of nitrogens with zero attached hydrogens (tertiary/aromatic N) is 2. The number of hydrogen-bond acceptors (Lipinski definition) is 4. The number of anilines is 1. The van der Waals surface area contributed by atoms with Crippen molar-refractivity contribution in [2.24, 2.45) is 0 Å². The fraction of sp³-hybridized carbons (Fsp3) is 0.0833. The molecular weight excluding hydrogens is 445 g/mol. The summed E-state index contributed by atoms with van der Waals surface area (Å²) >= 11 is 5.18. The SMILES string of the molecule is Cc1cc(/C=C2\C(=O)NC(=S)N(c3ccc(C(=O)O)cc3)C2=O)c(C)n1-c1cccc(F)c1. The predicted molar refractivity (Wildman–Crippen MR) is 125 cm³/mol. The average Bonchev–Trinajstić information content (AvgIpc) is 3.04. The van der Waals surface area contributed by atoms with E-state index in [0.717, 1.165) is 16.3 Å². The summed E-state index contributed by atoms with van der Waals surface area (Å²) in [6.07, 6.45) is 1.47. The number of carboxylic acid groups (broad SMARTS) is 1. The van der Waals surface area contributed by atoms with Crippen molar-refractivity contribution in [2.45, 2.75) is 13.8 Å². The molecule has 166 valence electrons. The van der Waals surface area contributed by atoms with Crippen molar-refractivity contribution in [3.05, 3.63) is 88.5 Å². The fourth-order valence-electron chi connectivity index (χ4n) is 3.75. The molecular formula is C24H18FN3O4S. The lowest BCUT2D eigenvalue weighted by Gasteiger charge is -2.29. The summed E-state index contributed by atoms with van der Waals surface area (Å²) in [4.78, 5) is 38.1. The Balaban J connectivity index is 1.74. The number of rotatable bonds is 4. The number of thiocarbonyl (C=S) groups is 1. The molecule has 3 aromatic rings. The summed E-state index contributed by atoms with van der Waals surface area (Å²) in [5, 5.41) is 11.5. The summed E-state index contributed by atoms with van der Waals surface area (Å²) in [6.45, 7) is 3.65. The van der Waals surface area contributed by atoms with E-state index in [9.17, 15) is 18.8 Å². The van der Waals surface area contributed by atoms with Gasteiger partial charge in [-0.2, -0.15) is 0 Å². The van der Waals surface area contributed by atoms with Gasteiger partial charge in [0.1, 0.15) is 11.4 Å². The molecule has 1 aromatic heterocycles. The van der Waals surface area contributed by atoms with Gasteiger partial charge in [0.2, 0.25) is 0 Å². The molecule has 0 aliphatic carbocycles. The number of halogens is 1. The second-order valence-electron chi connectivity index (χ2n) is 7.45. The minimum Gasteiger partial charge on any atom is -0.478 e. The van der Waals surface area contributed by atoms with Crippen LogP contribution in [0.5, 0.6) is 0 Å². The Morgan fingerprint density at radius 1 is 1.06 bits per heavy atom. The van der Waals surface area contributed by atoms with E-state index in [1.54, 1.807) is 18.2 Å². The van der Waals surface area contributed by atoms with Crippen molar-refractivity contribution >= 4 is 46.9 Å². The molecule has 2 N–H and O–H groups in total. The van der Waals surface area contributed by atoms with E-state index in [1.165, 1.54) is 42.5 Å². The molecule has 7 nitrogen and oxygen atoms in total. The van der Waals surface area contributed by atoms with Gasteiger partial charge in [-0.15, -0.1) is 0 Å². The van der Waals surface area contributed by atoms with Crippen LogP contribution in [0.4, 0.5) is 10.1 Å². The standard InChI is InChI=1S/C24H18FN3O4S/c1-13-10-16(14(2)27(13)19-5-3-4-17(25)12-19)11-20-21(29)26-24(33)28(22(20)30)18-8-6-15(7-9-18)23(31)32/h3-12H,1-2H3,(H,31,32)(H,26,29,33)/b20-11+. The molecule has 0 bridgehead atoms. The van der Waals surface area contributed by atoms with E-state index in [-0.39, 0.29) is 22.1 Å². The third kappa shape index (κ3) is 4.06. The normalized spacial score (nSPS) is 15.2. The van der Waals surface area contributed by atoms with Crippen LogP contribution in [-0.2, 0) is 9.59 Å². The molecule has 0 spiro atoms. The summed E-state index contributed by atoms with van der Waals surface area (Å²) in [5.41, 5.74) is 3.00. The number of carboxylic acids is 1. The second kappa shape index (κ2) is 8.44. The van der Waals surface area contributed by atoms with Crippen molar-refractivity contribution in [3.8, 4) is 5.69 Å². The summed E-state index contributed by atoms with van der Waals surface area (Å²) < 4.78 is 15.6. The molecule has 1 fully saturated rings. The Hall–Kier alpha value is -4.11. The van der Waals surface area contributed by atoms with Crippen LogP contribution in [0.25, 0.3) is 11.8 Å². The monoisotopic (exact) mass is 463 g/mol. The summed E-state index contributed by atoms with van der Waals surface area (Å²) in [5.74, 6) is -2.75. The van der Waals surface area contributed by atoms with Crippen LogP contribution in [0, 0.1) is 19.7 Å². The first-order valence-electron chi connectivity index (χ1n) is 9.87. The van der Waals surface area contributed by atoms with Gasteiger partial charge in [-0.1, -0.05) is 6.07 Å². The average molecular weight is 463 g/mol. The zero-order valence-electron chi connectivity index (χ0n) is 17.6. The molecule has 0 saturated carbocycles. The van der Waals surface area contributed by atoms with E-state index in [4.69, 9.17) is 17.3 Å². The third-order valence-electron chi connectivity index (χ3n) is 5.31. The molecule has 0 unspecified atom stereocenters. The zero-order chi connectivity index (χ0) is 23.9. The molecule has 1 aliphatic heterocycles. The van der Waals surface area contributed by atoms with Crippen LogP contribution >= 0.6 is 12.2 Å². The van der Waals surface area contributed by atoms with Crippen molar-refractivity contribution < 1.29 is 23.9 Å². The van der Waals surface area contributed by atoms with Gasteiger partial charge in [-0.25, -0.2) is 9.18 Å². The summed E-state index contributed by atoms with van der Waals surface area (Å²) in [6, 6.07) is 13.5. The number of aromatic nitrogens is 1. The van der Waals surface area contributed by atoms with E-state index in [2.05, 4.69) is 5.32 Å². The first-order valence-corrected chi connectivity index (χ1v) is 10.3. The number of carbonyl (C=O) groups is 3. The number of nitrogens with one attached hydrogen (secondary N) is 1. The van der Waals surface area contributed by atoms with Crippen molar-refractivity contribution in [3.63, 3.8) is 0 Å². The largest absolute Gasteiger partial charge is 0.478 e. The Kier molecular flexibility index (Phi) is 5.65. The van der Waals surface area contributed by atoms with E-state index in [1.807, 2.05) is 18.4 Å². The number of aromatic carboxylic acids is 1. The van der Waals surface area contributed by atoms with Gasteiger partial charge in [0.25, 0.3) is 11.8 Å². The van der Waals surface area contributed by atoms with E-state index < -0.39 is 17.8 Å². The maximum atomic E-state index is 13.7. The van der Waals surface area contributed by atoms with Gasteiger partial charge >= 0.3 is 5.97 Å². The predicted octanol–water partition coefficient (Wildman–Crippen LogP) is 3.76. The Morgan fingerprint density at radius 3 is 2.39 bits per heavy atom. The van der Waals surface area contributed by atoms with Crippen LogP contribution in [0.1, 0.15) is 27.3 Å². The maximum absolute atomic E-state index is 13.7. The highest BCUT2D eigenvalue weighted by molar-refractivity contribution is 7.80. The maximum Gasteiger partial charge on any atom is 0.335 e. The third-order valence-corrected chi connectivity index (χ3v) is 5.60. The Bertz CT molecular complexity index is 1360. The van der Waals surface area contributed by atoms with Crippen LogP contribution < -0.4 is 10.2 Å². The minimum atomic E-state index is -1.10. The van der Waals surface area contributed by atoms with Crippen LogP contribution in [0.15, 0.2) is 60.2 Å². The van der Waals surface area contributed by atoms with Gasteiger partial charge in [0, 0.05) is 17.1 Å².